The van der Waals surface area contributed by atoms with Crippen LogP contribution in [0, 0.1) is 11.3 Å². The third-order valence-electron chi connectivity index (χ3n) is 3.22. The molecule has 2 aromatic carbocycles. The summed E-state index contributed by atoms with van der Waals surface area (Å²) in [6.45, 7) is -0.0750. The summed E-state index contributed by atoms with van der Waals surface area (Å²) in [4.78, 5) is 13.4. The van der Waals surface area contributed by atoms with Gasteiger partial charge in [-0.1, -0.05) is 18.2 Å². The minimum Gasteiger partial charge on any atom is -0.405 e. The Bertz CT molecular complexity index is 783. The van der Waals surface area contributed by atoms with Crippen molar-refractivity contribution in [2.75, 3.05) is 12.4 Å². The van der Waals surface area contributed by atoms with Gasteiger partial charge in [0.05, 0.1) is 18.2 Å². The molecule has 0 aliphatic heterocycles. The molecule has 8 heteroatoms. The Kier molecular flexibility index (Phi) is 5.49. The molecule has 0 aliphatic rings. The highest BCUT2D eigenvalue weighted by atomic mass is 19.4. The van der Waals surface area contributed by atoms with E-state index in [9.17, 15) is 18.0 Å². The molecular weight excluding hydrogens is 335 g/mol. The number of anilines is 1. The average Bonchev–Trinajstić information content (AvgIpc) is 2.56. The highest BCUT2D eigenvalue weighted by Crippen LogP contribution is 2.27. The Morgan fingerprint density at radius 2 is 1.84 bits per heavy atom. The second-order valence-electron chi connectivity index (χ2n) is 5.13. The molecule has 2 rings (SSSR count). The number of ether oxygens (including phenoxy) is 1. The van der Waals surface area contributed by atoms with Gasteiger partial charge in [0.1, 0.15) is 5.75 Å². The summed E-state index contributed by atoms with van der Waals surface area (Å²) in [5.74, 6) is -0.354. The van der Waals surface area contributed by atoms with Gasteiger partial charge in [-0.15, -0.1) is 13.2 Å². The Labute approximate surface area is 142 Å². The molecule has 130 valence electrons. The molecule has 0 atom stereocenters. The van der Waals surface area contributed by atoms with E-state index in [-0.39, 0.29) is 17.9 Å². The monoisotopic (exact) mass is 349 g/mol. The second-order valence-corrected chi connectivity index (χ2v) is 5.13. The Morgan fingerprint density at radius 3 is 2.44 bits per heavy atom. The van der Waals surface area contributed by atoms with Gasteiger partial charge >= 0.3 is 12.4 Å². The van der Waals surface area contributed by atoms with Crippen LogP contribution in [0.25, 0.3) is 0 Å². The number of amides is 2. The maximum absolute atomic E-state index is 12.4. The minimum atomic E-state index is -4.81. The number of hydrogen-bond donors (Lipinski definition) is 1. The lowest BCUT2D eigenvalue weighted by atomic mass is 10.2. The van der Waals surface area contributed by atoms with E-state index in [1.807, 2.05) is 6.07 Å². The van der Waals surface area contributed by atoms with Gasteiger partial charge in [0, 0.05) is 18.3 Å². The lowest BCUT2D eigenvalue weighted by Crippen LogP contribution is -2.31. The van der Waals surface area contributed by atoms with Crippen LogP contribution in [0.1, 0.15) is 11.1 Å². The van der Waals surface area contributed by atoms with Gasteiger partial charge in [0.2, 0.25) is 0 Å². The fraction of sp³-hybridized carbons (Fsp3) is 0.176. The van der Waals surface area contributed by atoms with Crippen molar-refractivity contribution in [3.05, 3.63) is 59.7 Å². The quantitative estimate of drug-likeness (QED) is 0.903. The van der Waals surface area contributed by atoms with Gasteiger partial charge in [-0.05, 0) is 30.3 Å². The minimum absolute atomic E-state index is 0.0750. The zero-order valence-electron chi connectivity index (χ0n) is 13.2. The number of urea groups is 1. The Balaban J connectivity index is 2.05. The molecule has 0 radical (unpaired) electrons. The van der Waals surface area contributed by atoms with Crippen molar-refractivity contribution in [2.24, 2.45) is 0 Å². The highest BCUT2D eigenvalue weighted by Gasteiger charge is 2.32. The topological polar surface area (TPSA) is 65.4 Å². The summed E-state index contributed by atoms with van der Waals surface area (Å²) in [6.07, 6.45) is -4.81. The molecule has 0 spiro atoms. The molecule has 1 N–H and O–H groups in total. The molecule has 0 saturated carbocycles. The third-order valence-corrected chi connectivity index (χ3v) is 3.22. The first kappa shape index (κ1) is 18.1. The normalized spacial score (nSPS) is 10.7. The molecule has 0 aromatic heterocycles. The molecule has 2 amide bonds. The number of carbonyl (C=O) groups excluding carboxylic acids is 1. The summed E-state index contributed by atoms with van der Waals surface area (Å²) in [5.41, 5.74) is 1.14. The van der Waals surface area contributed by atoms with Gasteiger partial charge in [-0.25, -0.2) is 4.79 Å². The molecule has 0 saturated heterocycles. The number of carbonyl (C=O) groups is 1. The average molecular weight is 349 g/mol. The van der Waals surface area contributed by atoms with Crippen molar-refractivity contribution in [1.29, 1.82) is 5.26 Å². The van der Waals surface area contributed by atoms with Crippen molar-refractivity contribution < 1.29 is 22.7 Å². The molecular formula is C17H14F3N3O2. The molecule has 0 aliphatic carbocycles. The standard InChI is InChI=1S/C17H14F3N3O2/c1-23(16(24)22-14-8-6-12(10-21)7-9-14)11-13-4-2-3-5-15(13)25-17(18,19)20/h2-9H,11H2,1H3,(H,22,24). The predicted octanol–water partition coefficient (Wildman–Crippen LogP) is 4.12. The smallest absolute Gasteiger partial charge is 0.405 e. The van der Waals surface area contributed by atoms with Gasteiger partial charge < -0.3 is 15.0 Å². The summed E-state index contributed by atoms with van der Waals surface area (Å²) in [6, 6.07) is 13.3. The molecule has 25 heavy (non-hydrogen) atoms. The first-order chi connectivity index (χ1) is 11.8. The highest BCUT2D eigenvalue weighted by molar-refractivity contribution is 5.89. The van der Waals surface area contributed by atoms with Crippen LogP contribution in [0.4, 0.5) is 23.7 Å². The van der Waals surface area contributed by atoms with E-state index in [0.717, 1.165) is 0 Å². The zero-order chi connectivity index (χ0) is 18.4. The molecule has 2 aromatic rings. The summed E-state index contributed by atoms with van der Waals surface area (Å²) >= 11 is 0. The maximum Gasteiger partial charge on any atom is 0.573 e. The van der Waals surface area contributed by atoms with Crippen molar-refractivity contribution in [2.45, 2.75) is 12.9 Å². The largest absolute Gasteiger partial charge is 0.573 e. The predicted molar refractivity (Wildman–Crippen MR) is 84.8 cm³/mol. The van der Waals surface area contributed by atoms with Crippen LogP contribution in [0.3, 0.4) is 0 Å². The van der Waals surface area contributed by atoms with Crippen molar-refractivity contribution in [3.8, 4) is 11.8 Å². The number of nitriles is 1. The third kappa shape index (κ3) is 5.42. The zero-order valence-corrected chi connectivity index (χ0v) is 13.2. The molecule has 5 nitrogen and oxygen atoms in total. The fourth-order valence-corrected chi connectivity index (χ4v) is 2.03. The summed E-state index contributed by atoms with van der Waals surface area (Å²) in [5, 5.41) is 11.3. The summed E-state index contributed by atoms with van der Waals surface area (Å²) in [7, 11) is 1.45. The Hall–Kier alpha value is -3.21. The molecule has 0 fully saturated rings. The van der Waals surface area contributed by atoms with Gasteiger partial charge in [0.15, 0.2) is 0 Å². The van der Waals surface area contributed by atoms with Crippen LogP contribution >= 0.6 is 0 Å². The number of para-hydroxylation sites is 1. The van der Waals surface area contributed by atoms with E-state index in [1.165, 1.54) is 30.1 Å². The lowest BCUT2D eigenvalue weighted by Gasteiger charge is -2.20. The van der Waals surface area contributed by atoms with E-state index in [0.29, 0.717) is 11.3 Å². The summed E-state index contributed by atoms with van der Waals surface area (Å²) < 4.78 is 41.3. The SMILES string of the molecule is CN(Cc1ccccc1OC(F)(F)F)C(=O)Nc1ccc(C#N)cc1. The van der Waals surface area contributed by atoms with Crippen LogP contribution in [-0.2, 0) is 6.54 Å². The van der Waals surface area contributed by atoms with E-state index < -0.39 is 12.4 Å². The number of nitrogens with one attached hydrogen (secondary N) is 1. The van der Waals surface area contributed by atoms with Crippen LogP contribution in [0.5, 0.6) is 5.75 Å². The molecule has 0 bridgehead atoms. The first-order valence-corrected chi connectivity index (χ1v) is 7.14. The van der Waals surface area contributed by atoms with Crippen LogP contribution in [0.15, 0.2) is 48.5 Å². The van der Waals surface area contributed by atoms with Gasteiger partial charge in [-0.3, -0.25) is 0 Å². The number of hydrogen-bond acceptors (Lipinski definition) is 3. The van der Waals surface area contributed by atoms with Crippen molar-refractivity contribution in [3.63, 3.8) is 0 Å². The van der Waals surface area contributed by atoms with E-state index in [1.54, 1.807) is 30.3 Å². The van der Waals surface area contributed by atoms with E-state index >= 15 is 0 Å². The number of benzene rings is 2. The maximum atomic E-state index is 12.4. The number of halogens is 3. The molecule has 0 heterocycles. The first-order valence-electron chi connectivity index (χ1n) is 7.14. The van der Waals surface area contributed by atoms with Crippen LogP contribution < -0.4 is 10.1 Å². The Morgan fingerprint density at radius 1 is 1.20 bits per heavy atom. The number of rotatable bonds is 4. The number of nitrogens with zero attached hydrogens (tertiary/aromatic N) is 2. The van der Waals surface area contributed by atoms with Gasteiger partial charge in [-0.2, -0.15) is 5.26 Å². The van der Waals surface area contributed by atoms with Gasteiger partial charge in [0.25, 0.3) is 0 Å². The fourth-order valence-electron chi connectivity index (χ4n) is 2.03. The van der Waals surface area contributed by atoms with Crippen LogP contribution in [-0.4, -0.2) is 24.3 Å². The molecule has 0 unspecified atom stereocenters. The van der Waals surface area contributed by atoms with E-state index in [4.69, 9.17) is 5.26 Å². The lowest BCUT2D eigenvalue weighted by molar-refractivity contribution is -0.274. The van der Waals surface area contributed by atoms with Crippen molar-refractivity contribution >= 4 is 11.7 Å². The van der Waals surface area contributed by atoms with Crippen LogP contribution in [0.2, 0.25) is 0 Å². The number of alkyl halides is 3. The van der Waals surface area contributed by atoms with Crippen molar-refractivity contribution in [1.82, 2.24) is 4.90 Å². The van der Waals surface area contributed by atoms with E-state index in [2.05, 4.69) is 10.1 Å². The second kappa shape index (κ2) is 7.57.